The Labute approximate surface area is 150 Å². The maximum Gasteiger partial charge on any atom is 0.258 e. The predicted molar refractivity (Wildman–Crippen MR) is 99.3 cm³/mol. The van der Waals surface area contributed by atoms with E-state index in [0.717, 1.165) is 18.4 Å². The van der Waals surface area contributed by atoms with Crippen molar-refractivity contribution in [2.45, 2.75) is 25.8 Å². The number of hydrogen-bond acceptors (Lipinski definition) is 4. The Morgan fingerprint density at radius 1 is 1.19 bits per heavy atom. The number of aryl methyl sites for hydroxylation is 1. The highest BCUT2D eigenvalue weighted by Crippen LogP contribution is 2.26. The minimum absolute atomic E-state index is 0.0483. The van der Waals surface area contributed by atoms with Crippen LogP contribution in [0.4, 0.5) is 0 Å². The standard InChI is InChI=1S/C21H19NO4/c1-13-20(14-5-3-2-4-6-14)21(24)17-10-9-16(11-18(17)26-13)25-12-19(23)22-15-7-8-15/h2-6,9-11,15H,7-8,12H2,1H3,(H,22,23). The van der Waals surface area contributed by atoms with Crippen LogP contribution in [0.15, 0.2) is 57.7 Å². The lowest BCUT2D eigenvalue weighted by atomic mass is 10.0. The van der Waals surface area contributed by atoms with Gasteiger partial charge in [-0.15, -0.1) is 0 Å². The van der Waals surface area contributed by atoms with E-state index < -0.39 is 0 Å². The van der Waals surface area contributed by atoms with E-state index in [1.807, 2.05) is 30.3 Å². The second-order valence-corrected chi connectivity index (χ2v) is 6.52. The Kier molecular flexibility index (Phi) is 4.21. The molecule has 0 radical (unpaired) electrons. The van der Waals surface area contributed by atoms with Crippen molar-refractivity contribution in [1.82, 2.24) is 5.32 Å². The SMILES string of the molecule is Cc1oc2cc(OCC(=O)NC3CC3)ccc2c(=O)c1-c1ccccc1. The maximum absolute atomic E-state index is 12.9. The molecule has 1 aromatic heterocycles. The van der Waals surface area contributed by atoms with E-state index in [1.165, 1.54) is 0 Å². The van der Waals surface area contributed by atoms with Crippen molar-refractivity contribution in [2.75, 3.05) is 6.61 Å². The molecule has 26 heavy (non-hydrogen) atoms. The first kappa shape index (κ1) is 16.4. The lowest BCUT2D eigenvalue weighted by Gasteiger charge is -2.09. The number of ether oxygens (including phenoxy) is 1. The van der Waals surface area contributed by atoms with Gasteiger partial charge in [0.05, 0.1) is 10.9 Å². The first-order valence-electron chi connectivity index (χ1n) is 8.67. The number of hydrogen-bond donors (Lipinski definition) is 1. The van der Waals surface area contributed by atoms with Crippen LogP contribution in [0.1, 0.15) is 18.6 Å². The van der Waals surface area contributed by atoms with E-state index in [2.05, 4.69) is 5.32 Å². The zero-order chi connectivity index (χ0) is 18.1. The molecular weight excluding hydrogens is 330 g/mol. The van der Waals surface area contributed by atoms with Gasteiger partial charge in [0.15, 0.2) is 6.61 Å². The minimum atomic E-state index is -0.135. The van der Waals surface area contributed by atoms with Crippen molar-refractivity contribution in [3.8, 4) is 16.9 Å². The van der Waals surface area contributed by atoms with Gasteiger partial charge < -0.3 is 14.5 Å². The smallest absolute Gasteiger partial charge is 0.258 e. The molecule has 0 atom stereocenters. The van der Waals surface area contributed by atoms with E-state index >= 15 is 0 Å². The molecule has 0 saturated heterocycles. The summed E-state index contributed by atoms with van der Waals surface area (Å²) in [5.41, 5.74) is 1.77. The maximum atomic E-state index is 12.9. The fourth-order valence-corrected chi connectivity index (χ4v) is 2.96. The monoisotopic (exact) mass is 349 g/mol. The van der Waals surface area contributed by atoms with E-state index in [0.29, 0.717) is 34.1 Å². The molecule has 0 unspecified atom stereocenters. The summed E-state index contributed by atoms with van der Waals surface area (Å²) in [6.45, 7) is 1.73. The molecular formula is C21H19NO4. The summed E-state index contributed by atoms with van der Waals surface area (Å²) in [7, 11) is 0. The summed E-state index contributed by atoms with van der Waals surface area (Å²) in [6, 6.07) is 14.8. The Balaban J connectivity index is 1.62. The Hall–Kier alpha value is -3.08. The average molecular weight is 349 g/mol. The Bertz CT molecular complexity index is 1020. The molecule has 1 N–H and O–H groups in total. The van der Waals surface area contributed by atoms with E-state index in [1.54, 1.807) is 25.1 Å². The molecule has 0 bridgehead atoms. The first-order valence-corrected chi connectivity index (χ1v) is 8.67. The Morgan fingerprint density at radius 3 is 2.69 bits per heavy atom. The van der Waals surface area contributed by atoms with Crippen molar-refractivity contribution in [2.24, 2.45) is 0 Å². The van der Waals surface area contributed by atoms with Gasteiger partial charge in [0.2, 0.25) is 5.43 Å². The van der Waals surface area contributed by atoms with E-state index in [4.69, 9.17) is 9.15 Å². The van der Waals surface area contributed by atoms with Crippen LogP contribution in [0.2, 0.25) is 0 Å². The number of fused-ring (bicyclic) bond motifs is 1. The van der Waals surface area contributed by atoms with Crippen LogP contribution in [0, 0.1) is 6.92 Å². The first-order chi connectivity index (χ1) is 12.6. The van der Waals surface area contributed by atoms with Crippen LogP contribution >= 0.6 is 0 Å². The number of carbonyl (C=O) groups excluding carboxylic acids is 1. The quantitative estimate of drug-likeness (QED) is 0.766. The highest BCUT2D eigenvalue weighted by molar-refractivity contribution is 5.84. The lowest BCUT2D eigenvalue weighted by Crippen LogP contribution is -2.30. The topological polar surface area (TPSA) is 68.5 Å². The molecule has 0 spiro atoms. The van der Waals surface area contributed by atoms with E-state index in [-0.39, 0.29) is 17.9 Å². The van der Waals surface area contributed by atoms with Gasteiger partial charge in [-0.2, -0.15) is 0 Å². The molecule has 1 heterocycles. The van der Waals surface area contributed by atoms with Crippen molar-refractivity contribution >= 4 is 16.9 Å². The van der Waals surface area contributed by atoms with Gasteiger partial charge >= 0.3 is 0 Å². The van der Waals surface area contributed by atoms with Gasteiger partial charge in [0.25, 0.3) is 5.91 Å². The normalized spacial score (nSPS) is 13.6. The van der Waals surface area contributed by atoms with Crippen LogP contribution in [0.25, 0.3) is 22.1 Å². The molecule has 1 aliphatic carbocycles. The molecule has 5 nitrogen and oxygen atoms in total. The van der Waals surface area contributed by atoms with Gasteiger partial charge in [-0.3, -0.25) is 9.59 Å². The zero-order valence-corrected chi connectivity index (χ0v) is 14.5. The van der Waals surface area contributed by atoms with Crippen molar-refractivity contribution in [3.05, 3.63) is 64.5 Å². The summed E-state index contributed by atoms with van der Waals surface area (Å²) in [4.78, 5) is 24.6. The molecule has 1 saturated carbocycles. The average Bonchev–Trinajstić information content (AvgIpc) is 3.44. The van der Waals surface area contributed by atoms with Gasteiger partial charge in [-0.25, -0.2) is 0 Å². The third-order valence-electron chi connectivity index (χ3n) is 4.41. The second-order valence-electron chi connectivity index (χ2n) is 6.52. The summed E-state index contributed by atoms with van der Waals surface area (Å²) < 4.78 is 11.4. The van der Waals surface area contributed by atoms with Crippen LogP contribution in [-0.2, 0) is 4.79 Å². The fourth-order valence-electron chi connectivity index (χ4n) is 2.96. The van der Waals surface area contributed by atoms with Crippen molar-refractivity contribution < 1.29 is 13.9 Å². The molecule has 1 amide bonds. The van der Waals surface area contributed by atoms with Crippen LogP contribution < -0.4 is 15.5 Å². The predicted octanol–water partition coefficient (Wildman–Crippen LogP) is 3.43. The minimum Gasteiger partial charge on any atom is -0.484 e. The van der Waals surface area contributed by atoms with Crippen LogP contribution in [0.5, 0.6) is 5.75 Å². The number of rotatable bonds is 5. The number of amides is 1. The van der Waals surface area contributed by atoms with Gasteiger partial charge in [0.1, 0.15) is 17.1 Å². The molecule has 1 fully saturated rings. The summed E-state index contributed by atoms with van der Waals surface area (Å²) in [5, 5.41) is 3.36. The number of carbonyl (C=O) groups is 1. The van der Waals surface area contributed by atoms with Crippen LogP contribution in [0.3, 0.4) is 0 Å². The second kappa shape index (κ2) is 6.67. The molecule has 2 aromatic carbocycles. The molecule has 1 aliphatic rings. The van der Waals surface area contributed by atoms with Gasteiger partial charge in [0, 0.05) is 12.1 Å². The third kappa shape index (κ3) is 3.33. The number of nitrogens with one attached hydrogen (secondary N) is 1. The summed E-state index contributed by atoms with van der Waals surface area (Å²) in [5.74, 6) is 0.917. The molecule has 4 rings (SSSR count). The van der Waals surface area contributed by atoms with Gasteiger partial charge in [-0.1, -0.05) is 30.3 Å². The third-order valence-corrected chi connectivity index (χ3v) is 4.41. The molecule has 3 aromatic rings. The molecule has 0 aliphatic heterocycles. The highest BCUT2D eigenvalue weighted by Gasteiger charge is 2.23. The largest absolute Gasteiger partial charge is 0.484 e. The summed E-state index contributed by atoms with van der Waals surface area (Å²) >= 11 is 0. The van der Waals surface area contributed by atoms with Crippen molar-refractivity contribution in [3.63, 3.8) is 0 Å². The van der Waals surface area contributed by atoms with Gasteiger partial charge in [-0.05, 0) is 37.5 Å². The zero-order valence-electron chi connectivity index (χ0n) is 14.5. The van der Waals surface area contributed by atoms with Crippen molar-refractivity contribution in [1.29, 1.82) is 0 Å². The number of benzene rings is 2. The summed E-state index contributed by atoms with van der Waals surface area (Å²) in [6.07, 6.45) is 2.08. The molecule has 132 valence electrons. The lowest BCUT2D eigenvalue weighted by molar-refractivity contribution is -0.123. The fraction of sp³-hybridized carbons (Fsp3) is 0.238. The highest BCUT2D eigenvalue weighted by atomic mass is 16.5. The van der Waals surface area contributed by atoms with E-state index in [9.17, 15) is 9.59 Å². The van der Waals surface area contributed by atoms with Crippen LogP contribution in [-0.4, -0.2) is 18.6 Å². The molecule has 5 heteroatoms. The Morgan fingerprint density at radius 2 is 1.96 bits per heavy atom.